The lowest BCUT2D eigenvalue weighted by atomic mass is 10.0. The largest absolute Gasteiger partial charge is 0.390 e. The molecule has 0 aliphatic carbocycles. The summed E-state index contributed by atoms with van der Waals surface area (Å²) in [6, 6.07) is 11.9. The average molecular weight is 448 g/mol. The van der Waals surface area contributed by atoms with E-state index >= 15 is 0 Å². The van der Waals surface area contributed by atoms with E-state index in [2.05, 4.69) is 20.5 Å². The highest BCUT2D eigenvalue weighted by atomic mass is 19.1. The number of carbonyl (C=O) groups is 1. The number of fused-ring (bicyclic) bond motifs is 1. The predicted molar refractivity (Wildman–Crippen MR) is 127 cm³/mol. The average Bonchev–Trinajstić information content (AvgIpc) is 3.24. The Kier molecular flexibility index (Phi) is 6.35. The summed E-state index contributed by atoms with van der Waals surface area (Å²) < 4.78 is 14.7. The molecule has 0 unspecified atom stereocenters. The zero-order chi connectivity index (χ0) is 23.5. The van der Waals surface area contributed by atoms with Gasteiger partial charge in [0.15, 0.2) is 0 Å². The Morgan fingerprint density at radius 3 is 2.73 bits per heavy atom. The minimum absolute atomic E-state index is 0.0127. The van der Waals surface area contributed by atoms with Crippen LogP contribution in [0.5, 0.6) is 0 Å². The van der Waals surface area contributed by atoms with Gasteiger partial charge in [-0.3, -0.25) is 14.6 Å². The van der Waals surface area contributed by atoms with Crippen LogP contribution in [0.2, 0.25) is 0 Å². The van der Waals surface area contributed by atoms with Crippen LogP contribution in [0.15, 0.2) is 63.5 Å². The molecular formula is C25H26FN5O2. The fourth-order valence-electron chi connectivity index (χ4n) is 3.91. The Bertz CT molecular complexity index is 1330. The summed E-state index contributed by atoms with van der Waals surface area (Å²) in [5, 5.41) is 11.1. The molecule has 8 heteroatoms. The summed E-state index contributed by atoms with van der Waals surface area (Å²) >= 11 is 0. The van der Waals surface area contributed by atoms with Gasteiger partial charge in [-0.25, -0.2) is 9.49 Å². The highest BCUT2D eigenvalue weighted by Gasteiger charge is 2.27. The molecule has 0 fully saturated rings. The van der Waals surface area contributed by atoms with E-state index in [1.54, 1.807) is 42.4 Å². The Labute approximate surface area is 191 Å². The number of aromatic nitrogens is 2. The maximum absolute atomic E-state index is 14.7. The van der Waals surface area contributed by atoms with Crippen LogP contribution in [-0.2, 0) is 6.42 Å². The van der Waals surface area contributed by atoms with Gasteiger partial charge in [0.2, 0.25) is 0 Å². The second kappa shape index (κ2) is 9.36. The highest BCUT2D eigenvalue weighted by molar-refractivity contribution is 5.96. The SMILES string of the molecule is CNC1=C(C=NC(C)C)CN(C(=O)c2cc(Cc3n[nH]c(=O)c4ccccc34)ccc2F)C1. The number of nitrogens with zero attached hydrogens (tertiary/aromatic N) is 3. The molecule has 0 saturated carbocycles. The molecule has 0 radical (unpaired) electrons. The van der Waals surface area contributed by atoms with E-state index in [1.165, 1.54) is 6.07 Å². The summed E-state index contributed by atoms with van der Waals surface area (Å²) in [6.45, 7) is 4.69. The fourth-order valence-corrected chi connectivity index (χ4v) is 3.91. The molecular weight excluding hydrogens is 421 g/mol. The first kappa shape index (κ1) is 22.4. The van der Waals surface area contributed by atoms with Crippen LogP contribution in [-0.4, -0.2) is 53.4 Å². The minimum Gasteiger partial charge on any atom is -0.390 e. The standard InChI is InChI=1S/C25H26FN5O2/c1-15(2)28-12-17-13-31(14-23(17)27-3)25(33)20-10-16(8-9-21(20)26)11-22-18-6-4-5-7-19(18)24(32)30-29-22/h4-10,12,15,27H,11,13-14H2,1-3H3,(H,30,32). The summed E-state index contributed by atoms with van der Waals surface area (Å²) in [7, 11) is 1.80. The van der Waals surface area contributed by atoms with Crippen molar-refractivity contribution in [1.82, 2.24) is 20.4 Å². The molecule has 1 aliphatic heterocycles. The molecule has 7 nitrogen and oxygen atoms in total. The lowest BCUT2D eigenvalue weighted by molar-refractivity contribution is 0.0791. The lowest BCUT2D eigenvalue weighted by Gasteiger charge is -2.17. The molecule has 0 saturated heterocycles. The topological polar surface area (TPSA) is 90.4 Å². The molecule has 1 aliphatic rings. The van der Waals surface area contributed by atoms with E-state index in [0.29, 0.717) is 30.6 Å². The van der Waals surface area contributed by atoms with Crippen LogP contribution in [0, 0.1) is 5.82 Å². The normalized spacial score (nSPS) is 14.2. The van der Waals surface area contributed by atoms with Crippen molar-refractivity contribution < 1.29 is 9.18 Å². The number of benzene rings is 2. The van der Waals surface area contributed by atoms with E-state index < -0.39 is 5.82 Å². The van der Waals surface area contributed by atoms with Crippen molar-refractivity contribution in [2.24, 2.45) is 4.99 Å². The quantitative estimate of drug-likeness (QED) is 0.569. The van der Waals surface area contributed by atoms with Crippen molar-refractivity contribution in [3.63, 3.8) is 0 Å². The van der Waals surface area contributed by atoms with Gasteiger partial charge in [-0.15, -0.1) is 0 Å². The predicted octanol–water partition coefficient (Wildman–Crippen LogP) is 3.06. The molecule has 0 spiro atoms. The third kappa shape index (κ3) is 4.69. The Morgan fingerprint density at radius 2 is 2.00 bits per heavy atom. The number of hydrogen-bond acceptors (Lipinski definition) is 5. The Balaban J connectivity index is 1.59. The van der Waals surface area contributed by atoms with Gasteiger partial charge in [0.1, 0.15) is 5.82 Å². The van der Waals surface area contributed by atoms with Gasteiger partial charge in [0, 0.05) is 48.9 Å². The van der Waals surface area contributed by atoms with Crippen LogP contribution < -0.4 is 10.9 Å². The second-order valence-corrected chi connectivity index (χ2v) is 8.32. The van der Waals surface area contributed by atoms with Crippen molar-refractivity contribution in [2.45, 2.75) is 26.3 Å². The molecule has 1 aromatic heterocycles. The van der Waals surface area contributed by atoms with Crippen LogP contribution in [0.25, 0.3) is 10.8 Å². The zero-order valence-corrected chi connectivity index (χ0v) is 18.9. The first-order valence-corrected chi connectivity index (χ1v) is 10.8. The van der Waals surface area contributed by atoms with Crippen LogP contribution >= 0.6 is 0 Å². The minimum atomic E-state index is -0.571. The molecule has 0 bridgehead atoms. The van der Waals surface area contributed by atoms with Gasteiger partial charge in [-0.05, 0) is 37.6 Å². The molecule has 170 valence electrons. The Morgan fingerprint density at radius 1 is 1.24 bits per heavy atom. The number of aromatic amines is 1. The number of halogens is 1. The number of amides is 1. The lowest BCUT2D eigenvalue weighted by Crippen LogP contribution is -2.31. The number of likely N-dealkylation sites (N-methyl/N-ethyl adjacent to an activating group) is 1. The van der Waals surface area contributed by atoms with Crippen molar-refractivity contribution in [1.29, 1.82) is 0 Å². The van der Waals surface area contributed by atoms with E-state index in [1.807, 2.05) is 26.0 Å². The maximum atomic E-state index is 14.7. The summed E-state index contributed by atoms with van der Waals surface area (Å²) in [5.41, 5.74) is 2.95. The van der Waals surface area contributed by atoms with Gasteiger partial charge in [0.25, 0.3) is 11.5 Å². The number of rotatable bonds is 6. The van der Waals surface area contributed by atoms with Crippen molar-refractivity contribution in [3.8, 4) is 0 Å². The van der Waals surface area contributed by atoms with E-state index in [0.717, 1.165) is 22.2 Å². The number of nitrogens with one attached hydrogen (secondary N) is 2. The van der Waals surface area contributed by atoms with Crippen LogP contribution in [0.4, 0.5) is 4.39 Å². The third-order valence-corrected chi connectivity index (χ3v) is 5.62. The fraction of sp³-hybridized carbons (Fsp3) is 0.280. The van der Waals surface area contributed by atoms with Crippen LogP contribution in [0.3, 0.4) is 0 Å². The number of aliphatic imine (C=N–C) groups is 1. The van der Waals surface area contributed by atoms with Gasteiger partial charge in [0.05, 0.1) is 23.2 Å². The molecule has 2 heterocycles. The van der Waals surface area contributed by atoms with Crippen molar-refractivity contribution in [2.75, 3.05) is 20.1 Å². The number of H-pyrrole nitrogens is 1. The van der Waals surface area contributed by atoms with Gasteiger partial charge in [-0.1, -0.05) is 24.3 Å². The molecule has 33 heavy (non-hydrogen) atoms. The van der Waals surface area contributed by atoms with Crippen molar-refractivity contribution in [3.05, 3.63) is 86.7 Å². The molecule has 2 aromatic carbocycles. The van der Waals surface area contributed by atoms with E-state index in [-0.39, 0.29) is 23.1 Å². The molecule has 1 amide bonds. The number of hydrogen-bond donors (Lipinski definition) is 2. The number of carbonyl (C=O) groups excluding carboxylic acids is 1. The molecule has 3 aromatic rings. The maximum Gasteiger partial charge on any atom is 0.272 e. The molecule has 0 atom stereocenters. The monoisotopic (exact) mass is 447 g/mol. The molecule has 2 N–H and O–H groups in total. The van der Waals surface area contributed by atoms with Gasteiger partial charge >= 0.3 is 0 Å². The van der Waals surface area contributed by atoms with Gasteiger partial charge < -0.3 is 10.2 Å². The summed E-state index contributed by atoms with van der Waals surface area (Å²) in [5.74, 6) is -0.951. The van der Waals surface area contributed by atoms with E-state index in [9.17, 15) is 14.0 Å². The zero-order valence-electron chi connectivity index (χ0n) is 18.9. The first-order valence-electron chi connectivity index (χ1n) is 10.8. The summed E-state index contributed by atoms with van der Waals surface area (Å²) in [6.07, 6.45) is 2.13. The van der Waals surface area contributed by atoms with E-state index in [4.69, 9.17) is 0 Å². The first-order chi connectivity index (χ1) is 15.9. The van der Waals surface area contributed by atoms with Crippen LogP contribution in [0.1, 0.15) is 35.5 Å². The van der Waals surface area contributed by atoms with Crippen molar-refractivity contribution >= 4 is 22.9 Å². The third-order valence-electron chi connectivity index (χ3n) is 5.62. The molecule has 4 rings (SSSR count). The Hall–Kier alpha value is -3.81. The second-order valence-electron chi connectivity index (χ2n) is 8.32. The summed E-state index contributed by atoms with van der Waals surface area (Å²) in [4.78, 5) is 31.3. The highest BCUT2D eigenvalue weighted by Crippen LogP contribution is 2.22. The van der Waals surface area contributed by atoms with Gasteiger partial charge in [-0.2, -0.15) is 5.10 Å². The smallest absolute Gasteiger partial charge is 0.272 e.